The summed E-state index contributed by atoms with van der Waals surface area (Å²) in [4.78, 5) is 17.9. The van der Waals surface area contributed by atoms with Crippen LogP contribution < -0.4 is 0 Å². The lowest BCUT2D eigenvalue weighted by atomic mass is 10.2. The van der Waals surface area contributed by atoms with Crippen molar-refractivity contribution in [2.45, 2.75) is 6.92 Å². The Morgan fingerprint density at radius 1 is 1.47 bits per heavy atom. The molecule has 2 aromatic heterocycles. The van der Waals surface area contributed by atoms with E-state index in [0.717, 1.165) is 16.3 Å². The van der Waals surface area contributed by atoms with Gasteiger partial charge in [-0.15, -0.1) is 11.3 Å². The van der Waals surface area contributed by atoms with Gasteiger partial charge in [-0.3, -0.25) is 4.79 Å². The Bertz CT molecular complexity index is 554. The van der Waals surface area contributed by atoms with Crippen LogP contribution in [0.5, 0.6) is 0 Å². The van der Waals surface area contributed by atoms with Gasteiger partial charge in [-0.2, -0.15) is 0 Å². The third-order valence-corrected chi connectivity index (χ3v) is 3.32. The normalized spacial score (nSPS) is 10.6. The van der Waals surface area contributed by atoms with Crippen LogP contribution in [0.15, 0.2) is 17.6 Å². The Kier molecular flexibility index (Phi) is 3.02. The number of hydrogen-bond acceptors (Lipinski definition) is 3. The van der Waals surface area contributed by atoms with E-state index in [1.807, 2.05) is 36.2 Å². The van der Waals surface area contributed by atoms with Crippen molar-refractivity contribution in [3.8, 4) is 11.3 Å². The highest BCUT2D eigenvalue weighted by atomic mass is 32.1. The molecule has 2 heterocycles. The van der Waals surface area contributed by atoms with Gasteiger partial charge in [0.1, 0.15) is 5.69 Å². The molecule has 0 fully saturated rings. The fourth-order valence-electron chi connectivity index (χ4n) is 1.64. The summed E-state index contributed by atoms with van der Waals surface area (Å²) in [5.41, 5.74) is 2.60. The van der Waals surface area contributed by atoms with E-state index in [-0.39, 0.29) is 5.91 Å². The number of thiazole rings is 1. The van der Waals surface area contributed by atoms with E-state index < -0.39 is 0 Å². The van der Waals surface area contributed by atoms with Crippen molar-refractivity contribution >= 4 is 17.2 Å². The molecule has 0 saturated carbocycles. The van der Waals surface area contributed by atoms with E-state index in [0.29, 0.717) is 5.69 Å². The largest absolute Gasteiger partial charge is 0.346 e. The Balaban J connectivity index is 2.40. The maximum atomic E-state index is 11.9. The first-order valence-corrected chi connectivity index (χ1v) is 6.17. The fraction of sp³-hybridized carbons (Fsp3) is 0.333. The van der Waals surface area contributed by atoms with Crippen LogP contribution in [0, 0.1) is 6.92 Å². The van der Waals surface area contributed by atoms with Crippen LogP contribution in [-0.4, -0.2) is 34.5 Å². The molecular formula is C12H15N3OS. The molecule has 1 amide bonds. The van der Waals surface area contributed by atoms with Gasteiger partial charge in [-0.25, -0.2) is 4.98 Å². The second-order valence-corrected chi connectivity index (χ2v) is 5.24. The van der Waals surface area contributed by atoms with Crippen LogP contribution in [0.25, 0.3) is 11.3 Å². The van der Waals surface area contributed by atoms with Crippen LogP contribution in [0.4, 0.5) is 0 Å². The van der Waals surface area contributed by atoms with E-state index in [9.17, 15) is 4.79 Å². The average molecular weight is 249 g/mol. The highest BCUT2D eigenvalue weighted by Crippen LogP contribution is 2.23. The third-order valence-electron chi connectivity index (χ3n) is 2.55. The smallest absolute Gasteiger partial charge is 0.269 e. The summed E-state index contributed by atoms with van der Waals surface area (Å²) in [6.45, 7) is 1.98. The van der Waals surface area contributed by atoms with Crippen molar-refractivity contribution in [1.82, 2.24) is 14.5 Å². The van der Waals surface area contributed by atoms with Gasteiger partial charge in [-0.05, 0) is 13.0 Å². The van der Waals surface area contributed by atoms with Gasteiger partial charge in [-0.1, -0.05) is 0 Å². The van der Waals surface area contributed by atoms with Crippen LogP contribution in [0.1, 0.15) is 15.5 Å². The fourth-order valence-corrected chi connectivity index (χ4v) is 2.26. The summed E-state index contributed by atoms with van der Waals surface area (Å²) < 4.78 is 1.84. The van der Waals surface area contributed by atoms with Gasteiger partial charge in [0.2, 0.25) is 0 Å². The van der Waals surface area contributed by atoms with Gasteiger partial charge in [0.05, 0.1) is 10.7 Å². The molecule has 0 unspecified atom stereocenters. The van der Waals surface area contributed by atoms with Crippen molar-refractivity contribution in [3.05, 3.63) is 28.3 Å². The van der Waals surface area contributed by atoms with E-state index in [4.69, 9.17) is 0 Å². The third kappa shape index (κ3) is 2.24. The van der Waals surface area contributed by atoms with E-state index in [1.54, 1.807) is 30.3 Å². The highest BCUT2D eigenvalue weighted by Gasteiger charge is 2.15. The number of carbonyl (C=O) groups excluding carboxylic acids is 1. The van der Waals surface area contributed by atoms with E-state index in [1.165, 1.54) is 0 Å². The summed E-state index contributed by atoms with van der Waals surface area (Å²) in [6.07, 6.45) is 1.94. The minimum atomic E-state index is 0.00528. The van der Waals surface area contributed by atoms with Crippen molar-refractivity contribution in [2.75, 3.05) is 14.1 Å². The molecule has 2 aromatic rings. The summed E-state index contributed by atoms with van der Waals surface area (Å²) in [5, 5.41) is 3.04. The molecule has 4 nitrogen and oxygen atoms in total. The maximum Gasteiger partial charge on any atom is 0.269 e. The Labute approximate surface area is 105 Å². The lowest BCUT2D eigenvalue weighted by Gasteiger charge is -2.09. The summed E-state index contributed by atoms with van der Waals surface area (Å²) in [6, 6.07) is 1.89. The predicted octanol–water partition coefficient (Wildman–Crippen LogP) is 2.16. The van der Waals surface area contributed by atoms with Gasteiger partial charge in [0.25, 0.3) is 5.91 Å². The van der Waals surface area contributed by atoms with Crippen molar-refractivity contribution < 1.29 is 4.79 Å². The Hall–Kier alpha value is -1.62. The standard InChI is InChI=1S/C12H15N3OS/c1-8-13-10(7-17-8)9-5-11(15(4)6-9)12(16)14(2)3/h5-7H,1-4H3. The topological polar surface area (TPSA) is 38.1 Å². The second kappa shape index (κ2) is 4.33. The zero-order valence-corrected chi connectivity index (χ0v) is 11.2. The van der Waals surface area contributed by atoms with Gasteiger partial charge < -0.3 is 9.47 Å². The molecule has 0 aromatic carbocycles. The van der Waals surface area contributed by atoms with Crippen LogP contribution >= 0.6 is 11.3 Å². The summed E-state index contributed by atoms with van der Waals surface area (Å²) in [7, 11) is 5.38. The van der Waals surface area contributed by atoms with Crippen molar-refractivity contribution in [3.63, 3.8) is 0 Å². The van der Waals surface area contributed by atoms with Crippen LogP contribution in [0.2, 0.25) is 0 Å². The molecule has 0 N–H and O–H groups in total. The van der Waals surface area contributed by atoms with Gasteiger partial charge in [0, 0.05) is 38.3 Å². The predicted molar refractivity (Wildman–Crippen MR) is 69.3 cm³/mol. The lowest BCUT2D eigenvalue weighted by molar-refractivity contribution is 0.0818. The number of carbonyl (C=O) groups is 1. The second-order valence-electron chi connectivity index (χ2n) is 4.18. The molecule has 0 aliphatic rings. The molecule has 0 aliphatic heterocycles. The molecule has 0 aliphatic carbocycles. The molecular weight excluding hydrogens is 234 g/mol. The molecule has 5 heteroatoms. The molecule has 90 valence electrons. The molecule has 0 radical (unpaired) electrons. The maximum absolute atomic E-state index is 11.9. The minimum absolute atomic E-state index is 0.00528. The van der Waals surface area contributed by atoms with E-state index in [2.05, 4.69) is 4.98 Å². The first-order valence-electron chi connectivity index (χ1n) is 5.29. The SMILES string of the molecule is Cc1nc(-c2cc(C(=O)N(C)C)n(C)c2)cs1. The first kappa shape index (κ1) is 11.9. The number of hydrogen-bond donors (Lipinski definition) is 0. The zero-order chi connectivity index (χ0) is 12.6. The number of aromatic nitrogens is 2. The Morgan fingerprint density at radius 2 is 2.18 bits per heavy atom. The molecule has 0 saturated heterocycles. The minimum Gasteiger partial charge on any atom is -0.346 e. The van der Waals surface area contributed by atoms with Crippen molar-refractivity contribution in [1.29, 1.82) is 0 Å². The summed E-state index contributed by atoms with van der Waals surface area (Å²) >= 11 is 1.61. The Morgan fingerprint density at radius 3 is 2.71 bits per heavy atom. The van der Waals surface area contributed by atoms with Crippen LogP contribution in [0.3, 0.4) is 0 Å². The number of amides is 1. The molecule has 17 heavy (non-hydrogen) atoms. The molecule has 0 atom stereocenters. The average Bonchev–Trinajstić information content (AvgIpc) is 2.83. The van der Waals surface area contributed by atoms with Crippen molar-refractivity contribution in [2.24, 2.45) is 7.05 Å². The molecule has 2 rings (SSSR count). The molecule has 0 spiro atoms. The molecule has 0 bridgehead atoms. The highest BCUT2D eigenvalue weighted by molar-refractivity contribution is 7.09. The van der Waals surface area contributed by atoms with E-state index >= 15 is 0 Å². The van der Waals surface area contributed by atoms with Gasteiger partial charge in [0.15, 0.2) is 0 Å². The number of rotatable bonds is 2. The number of aryl methyl sites for hydroxylation is 2. The van der Waals surface area contributed by atoms with Gasteiger partial charge >= 0.3 is 0 Å². The van der Waals surface area contributed by atoms with Crippen LogP contribution in [-0.2, 0) is 7.05 Å². The quantitative estimate of drug-likeness (QED) is 0.818. The first-order chi connectivity index (χ1) is 7.99. The summed E-state index contributed by atoms with van der Waals surface area (Å²) in [5.74, 6) is 0.00528. The zero-order valence-electron chi connectivity index (χ0n) is 10.4. The monoisotopic (exact) mass is 249 g/mol. The number of nitrogens with zero attached hydrogens (tertiary/aromatic N) is 3. The lowest BCUT2D eigenvalue weighted by Crippen LogP contribution is -2.23.